The summed E-state index contributed by atoms with van der Waals surface area (Å²) in [6.45, 7) is 0. The monoisotopic (exact) mass is 284 g/mol. The lowest BCUT2D eigenvalue weighted by Gasteiger charge is -2.30. The molecule has 0 N–H and O–H groups in total. The molecule has 2 aliphatic carbocycles. The molecule has 100 valence electrons. The van der Waals surface area contributed by atoms with Gasteiger partial charge in [0.05, 0.1) is 6.33 Å². The first kappa shape index (κ1) is 11.5. The van der Waals surface area contributed by atoms with Gasteiger partial charge in [-0.2, -0.15) is 0 Å². The van der Waals surface area contributed by atoms with Crippen molar-refractivity contribution in [3.05, 3.63) is 17.8 Å². The zero-order chi connectivity index (χ0) is 13.2. The van der Waals surface area contributed by atoms with Gasteiger partial charge in [0.15, 0.2) is 10.8 Å². The summed E-state index contributed by atoms with van der Waals surface area (Å²) in [5.74, 6) is -3.07. The molecule has 0 saturated heterocycles. The van der Waals surface area contributed by atoms with Crippen molar-refractivity contribution in [1.29, 1.82) is 0 Å². The highest BCUT2D eigenvalue weighted by atomic mass is 35.5. The summed E-state index contributed by atoms with van der Waals surface area (Å²) in [6, 6.07) is -0.232. The molecule has 3 atom stereocenters. The summed E-state index contributed by atoms with van der Waals surface area (Å²) >= 11 is 5.94. The Hall–Kier alpha value is -1.30. The number of rotatable bonds is 1. The minimum absolute atomic E-state index is 0.0243. The van der Waals surface area contributed by atoms with E-state index in [0.717, 1.165) is 6.42 Å². The largest absolute Gasteiger partial charge is 0.312 e. The summed E-state index contributed by atoms with van der Waals surface area (Å²) in [6.07, 6.45) is 4.29. The summed E-state index contributed by atoms with van der Waals surface area (Å²) < 4.78 is 29.5. The fourth-order valence-corrected chi connectivity index (χ4v) is 3.83. The molecular formula is C12H11ClF2N4. The Kier molecular flexibility index (Phi) is 2.20. The Bertz CT molecular complexity index is 656. The van der Waals surface area contributed by atoms with Crippen LogP contribution in [0.1, 0.15) is 25.3 Å². The predicted molar refractivity (Wildman–Crippen MR) is 65.1 cm³/mol. The van der Waals surface area contributed by atoms with Crippen LogP contribution in [0.3, 0.4) is 0 Å². The average molecular weight is 285 g/mol. The molecule has 0 spiro atoms. The van der Waals surface area contributed by atoms with Gasteiger partial charge in [0.25, 0.3) is 5.92 Å². The smallest absolute Gasteiger partial charge is 0.253 e. The molecule has 2 bridgehead atoms. The average Bonchev–Trinajstić information content (AvgIpc) is 2.98. The molecule has 0 unspecified atom stereocenters. The third kappa shape index (κ3) is 1.52. The van der Waals surface area contributed by atoms with E-state index in [1.807, 2.05) is 0 Å². The summed E-state index contributed by atoms with van der Waals surface area (Å²) in [5, 5.41) is 0.263. The first-order valence-electron chi connectivity index (χ1n) is 6.27. The van der Waals surface area contributed by atoms with Crippen LogP contribution in [0.5, 0.6) is 0 Å². The van der Waals surface area contributed by atoms with Crippen molar-refractivity contribution >= 4 is 22.8 Å². The lowest BCUT2D eigenvalue weighted by Crippen LogP contribution is -2.32. The van der Waals surface area contributed by atoms with Crippen LogP contribution >= 0.6 is 11.6 Å². The number of halogens is 3. The molecule has 0 aromatic carbocycles. The maximum Gasteiger partial charge on any atom is 0.253 e. The SMILES string of the molecule is FC1(F)C[C@@H]2C[C@@H](n3cnc4c(Cl)ncnc43)[C@H]1C2. The Labute approximate surface area is 112 Å². The lowest BCUT2D eigenvalue weighted by molar-refractivity contribution is -0.0684. The number of hydrogen-bond acceptors (Lipinski definition) is 3. The van der Waals surface area contributed by atoms with E-state index in [-0.39, 0.29) is 23.5 Å². The van der Waals surface area contributed by atoms with Gasteiger partial charge in [0, 0.05) is 18.4 Å². The maximum absolute atomic E-state index is 13.9. The van der Waals surface area contributed by atoms with Crippen molar-refractivity contribution in [2.45, 2.75) is 31.2 Å². The first-order valence-corrected chi connectivity index (χ1v) is 6.65. The Balaban J connectivity index is 1.82. The van der Waals surface area contributed by atoms with Crippen LogP contribution in [0.4, 0.5) is 8.78 Å². The van der Waals surface area contributed by atoms with E-state index in [4.69, 9.17) is 11.6 Å². The van der Waals surface area contributed by atoms with E-state index in [1.165, 1.54) is 6.33 Å². The molecule has 2 saturated carbocycles. The zero-order valence-corrected chi connectivity index (χ0v) is 10.7. The number of imidazole rings is 1. The van der Waals surface area contributed by atoms with E-state index in [0.29, 0.717) is 17.6 Å². The number of aromatic nitrogens is 4. The van der Waals surface area contributed by atoms with Gasteiger partial charge in [0.2, 0.25) is 0 Å². The van der Waals surface area contributed by atoms with Crippen molar-refractivity contribution in [2.75, 3.05) is 0 Å². The zero-order valence-electron chi connectivity index (χ0n) is 9.93. The first-order chi connectivity index (χ1) is 9.06. The van der Waals surface area contributed by atoms with Gasteiger partial charge in [-0.3, -0.25) is 0 Å². The number of fused-ring (bicyclic) bond motifs is 3. The number of hydrogen-bond donors (Lipinski definition) is 0. The second kappa shape index (κ2) is 3.62. The van der Waals surface area contributed by atoms with Gasteiger partial charge < -0.3 is 4.57 Å². The molecule has 2 aromatic rings. The van der Waals surface area contributed by atoms with E-state index in [9.17, 15) is 8.78 Å². The maximum atomic E-state index is 13.9. The molecule has 0 aliphatic heterocycles. The van der Waals surface area contributed by atoms with Crippen LogP contribution in [0, 0.1) is 11.8 Å². The Morgan fingerprint density at radius 2 is 2.11 bits per heavy atom. The minimum Gasteiger partial charge on any atom is -0.312 e. The van der Waals surface area contributed by atoms with Crippen LogP contribution in [0.15, 0.2) is 12.7 Å². The molecular weight excluding hydrogens is 274 g/mol. The Morgan fingerprint density at radius 1 is 1.26 bits per heavy atom. The molecule has 2 heterocycles. The second-order valence-electron chi connectivity index (χ2n) is 5.46. The number of nitrogens with zero attached hydrogens (tertiary/aromatic N) is 4. The summed E-state index contributed by atoms with van der Waals surface area (Å²) in [5.41, 5.74) is 1.03. The molecule has 4 nitrogen and oxygen atoms in total. The van der Waals surface area contributed by atoms with Crippen molar-refractivity contribution in [3.63, 3.8) is 0 Å². The topological polar surface area (TPSA) is 43.6 Å². The van der Waals surface area contributed by atoms with Crippen LogP contribution in [-0.2, 0) is 0 Å². The molecule has 2 aromatic heterocycles. The summed E-state index contributed by atoms with van der Waals surface area (Å²) in [7, 11) is 0. The van der Waals surface area contributed by atoms with Crippen molar-refractivity contribution in [3.8, 4) is 0 Å². The van der Waals surface area contributed by atoms with Crippen molar-refractivity contribution in [1.82, 2.24) is 19.5 Å². The molecule has 19 heavy (non-hydrogen) atoms. The van der Waals surface area contributed by atoms with Gasteiger partial charge in [-0.05, 0) is 18.8 Å². The van der Waals surface area contributed by atoms with Gasteiger partial charge >= 0.3 is 0 Å². The predicted octanol–water partition coefficient (Wildman–Crippen LogP) is 3.09. The molecule has 7 heteroatoms. The third-order valence-electron chi connectivity index (χ3n) is 4.40. The molecule has 4 rings (SSSR count). The van der Waals surface area contributed by atoms with Gasteiger partial charge in [0.1, 0.15) is 11.8 Å². The van der Waals surface area contributed by atoms with E-state index >= 15 is 0 Å². The van der Waals surface area contributed by atoms with Gasteiger partial charge in [-0.25, -0.2) is 23.7 Å². The lowest BCUT2D eigenvalue weighted by atomic mass is 9.91. The third-order valence-corrected chi connectivity index (χ3v) is 4.68. The highest BCUT2D eigenvalue weighted by molar-refractivity contribution is 6.33. The molecule has 2 fully saturated rings. The number of alkyl halides is 2. The minimum atomic E-state index is -2.57. The Morgan fingerprint density at radius 3 is 2.84 bits per heavy atom. The molecule has 0 radical (unpaired) electrons. The quantitative estimate of drug-likeness (QED) is 0.756. The van der Waals surface area contributed by atoms with Crippen LogP contribution in [-0.4, -0.2) is 25.4 Å². The van der Waals surface area contributed by atoms with E-state index in [2.05, 4.69) is 15.0 Å². The second-order valence-corrected chi connectivity index (χ2v) is 5.82. The van der Waals surface area contributed by atoms with Crippen molar-refractivity contribution in [2.24, 2.45) is 11.8 Å². The normalized spacial score (nSPS) is 32.3. The highest BCUT2D eigenvalue weighted by Gasteiger charge is 2.58. The van der Waals surface area contributed by atoms with Gasteiger partial charge in [-0.15, -0.1) is 0 Å². The van der Waals surface area contributed by atoms with Crippen LogP contribution in [0.25, 0.3) is 11.2 Å². The highest BCUT2D eigenvalue weighted by Crippen LogP contribution is 2.58. The van der Waals surface area contributed by atoms with E-state index in [1.54, 1.807) is 10.9 Å². The van der Waals surface area contributed by atoms with Crippen LogP contribution in [0.2, 0.25) is 5.15 Å². The standard InChI is InChI=1S/C12H11ClF2N4/c13-10-9-11(17-4-16-10)19(5-18-9)8-2-6-1-7(8)12(14,15)3-6/h4-8H,1-3H2/t6-,7+,8+/m0/s1. The van der Waals surface area contributed by atoms with Crippen LogP contribution < -0.4 is 0 Å². The molecule has 2 aliphatic rings. The fraction of sp³-hybridized carbons (Fsp3) is 0.583. The van der Waals surface area contributed by atoms with Crippen molar-refractivity contribution < 1.29 is 8.78 Å². The van der Waals surface area contributed by atoms with E-state index < -0.39 is 11.8 Å². The summed E-state index contributed by atoms with van der Waals surface area (Å²) in [4.78, 5) is 12.1. The molecule has 0 amide bonds. The van der Waals surface area contributed by atoms with Gasteiger partial charge in [-0.1, -0.05) is 11.6 Å². The fourth-order valence-electron chi connectivity index (χ4n) is 3.65.